The van der Waals surface area contributed by atoms with Gasteiger partial charge in [-0.1, -0.05) is 0 Å². The van der Waals surface area contributed by atoms with Gasteiger partial charge in [0.25, 0.3) is 5.91 Å². The number of hydrogen-bond donors (Lipinski definition) is 1. The predicted octanol–water partition coefficient (Wildman–Crippen LogP) is 3.14. The number of hydrogen-bond acceptors (Lipinski definition) is 6. The second-order valence-electron chi connectivity index (χ2n) is 4.88. The highest BCUT2D eigenvalue weighted by molar-refractivity contribution is 7.10. The summed E-state index contributed by atoms with van der Waals surface area (Å²) in [4.78, 5) is 24.0. The van der Waals surface area contributed by atoms with E-state index in [1.165, 1.54) is 24.5 Å². The monoisotopic (exact) mass is 346 g/mol. The SMILES string of the molecule is CCOc1cc(/C=N/NC(=O)c2csc(C)c2)ccc1OC(C)=O. The average molecular weight is 346 g/mol. The number of amides is 1. The Morgan fingerprint density at radius 3 is 2.71 bits per heavy atom. The first kappa shape index (κ1) is 17.7. The van der Waals surface area contributed by atoms with Gasteiger partial charge in [-0.25, -0.2) is 5.43 Å². The summed E-state index contributed by atoms with van der Waals surface area (Å²) in [6.07, 6.45) is 1.50. The molecule has 0 fully saturated rings. The molecule has 1 heterocycles. The van der Waals surface area contributed by atoms with Crippen LogP contribution in [0.25, 0.3) is 0 Å². The zero-order valence-corrected chi connectivity index (χ0v) is 14.5. The van der Waals surface area contributed by atoms with Crippen molar-refractivity contribution in [3.8, 4) is 11.5 Å². The Morgan fingerprint density at radius 1 is 1.29 bits per heavy atom. The summed E-state index contributed by atoms with van der Waals surface area (Å²) < 4.78 is 10.5. The third-order valence-electron chi connectivity index (χ3n) is 2.89. The van der Waals surface area contributed by atoms with Gasteiger partial charge in [0.05, 0.1) is 18.4 Å². The van der Waals surface area contributed by atoms with Crippen molar-refractivity contribution in [1.82, 2.24) is 5.43 Å². The number of rotatable bonds is 6. The molecular weight excluding hydrogens is 328 g/mol. The fourth-order valence-corrected chi connectivity index (χ4v) is 2.59. The van der Waals surface area contributed by atoms with Gasteiger partial charge in [-0.05, 0) is 43.7 Å². The Kier molecular flexibility index (Phi) is 6.08. The summed E-state index contributed by atoms with van der Waals surface area (Å²) in [5, 5.41) is 5.71. The number of aryl methyl sites for hydroxylation is 1. The van der Waals surface area contributed by atoms with Gasteiger partial charge in [-0.2, -0.15) is 5.10 Å². The van der Waals surface area contributed by atoms with Crippen LogP contribution in [-0.2, 0) is 4.79 Å². The van der Waals surface area contributed by atoms with Gasteiger partial charge in [0.1, 0.15) is 0 Å². The fraction of sp³-hybridized carbons (Fsp3) is 0.235. The van der Waals surface area contributed by atoms with Crippen LogP contribution in [0.4, 0.5) is 0 Å². The highest BCUT2D eigenvalue weighted by Crippen LogP contribution is 2.28. The number of carbonyl (C=O) groups excluding carboxylic acids is 2. The van der Waals surface area contributed by atoms with E-state index in [4.69, 9.17) is 9.47 Å². The van der Waals surface area contributed by atoms with Crippen molar-refractivity contribution in [1.29, 1.82) is 0 Å². The normalized spacial score (nSPS) is 10.6. The average Bonchev–Trinajstić information content (AvgIpc) is 2.96. The Bertz CT molecular complexity index is 768. The Morgan fingerprint density at radius 2 is 2.08 bits per heavy atom. The topological polar surface area (TPSA) is 77.0 Å². The predicted molar refractivity (Wildman–Crippen MR) is 93.0 cm³/mol. The molecule has 1 N–H and O–H groups in total. The molecule has 0 saturated heterocycles. The summed E-state index contributed by atoms with van der Waals surface area (Å²) in [6.45, 7) is 5.53. The fourth-order valence-electron chi connectivity index (χ4n) is 1.90. The van der Waals surface area contributed by atoms with Crippen molar-refractivity contribution in [2.75, 3.05) is 6.61 Å². The Balaban J connectivity index is 2.07. The van der Waals surface area contributed by atoms with Crippen LogP contribution in [-0.4, -0.2) is 24.7 Å². The second kappa shape index (κ2) is 8.26. The van der Waals surface area contributed by atoms with Crippen LogP contribution in [0.1, 0.15) is 34.6 Å². The number of nitrogens with one attached hydrogen (secondary N) is 1. The van der Waals surface area contributed by atoms with E-state index in [9.17, 15) is 9.59 Å². The first-order valence-corrected chi connectivity index (χ1v) is 8.21. The van der Waals surface area contributed by atoms with E-state index in [-0.39, 0.29) is 5.91 Å². The maximum Gasteiger partial charge on any atom is 0.308 e. The number of ether oxygens (including phenoxy) is 2. The number of benzene rings is 1. The standard InChI is InChI=1S/C17H18N2O4S/c1-4-22-16-8-13(5-6-15(16)23-12(3)20)9-18-19-17(21)14-7-11(2)24-10-14/h5-10H,4H2,1-3H3,(H,19,21)/b18-9+. The quantitative estimate of drug-likeness (QED) is 0.377. The van der Waals surface area contributed by atoms with Gasteiger partial charge in [0.2, 0.25) is 0 Å². The first-order chi connectivity index (χ1) is 11.5. The minimum Gasteiger partial charge on any atom is -0.490 e. The molecule has 6 nitrogen and oxygen atoms in total. The molecule has 24 heavy (non-hydrogen) atoms. The van der Waals surface area contributed by atoms with Crippen molar-refractivity contribution < 1.29 is 19.1 Å². The summed E-state index contributed by atoms with van der Waals surface area (Å²) >= 11 is 1.51. The van der Waals surface area contributed by atoms with Crippen LogP contribution in [0.3, 0.4) is 0 Å². The van der Waals surface area contributed by atoms with Crippen molar-refractivity contribution in [2.45, 2.75) is 20.8 Å². The molecule has 0 bridgehead atoms. The summed E-state index contributed by atoms with van der Waals surface area (Å²) in [7, 11) is 0. The highest BCUT2D eigenvalue weighted by atomic mass is 32.1. The summed E-state index contributed by atoms with van der Waals surface area (Å²) in [6, 6.07) is 6.83. The number of nitrogens with zero attached hydrogens (tertiary/aromatic N) is 1. The zero-order chi connectivity index (χ0) is 17.5. The smallest absolute Gasteiger partial charge is 0.308 e. The summed E-state index contributed by atoms with van der Waals surface area (Å²) in [5.41, 5.74) is 3.75. The van der Waals surface area contributed by atoms with E-state index >= 15 is 0 Å². The molecule has 0 spiro atoms. The lowest BCUT2D eigenvalue weighted by atomic mass is 10.2. The van der Waals surface area contributed by atoms with Gasteiger partial charge < -0.3 is 9.47 Å². The van der Waals surface area contributed by atoms with Gasteiger partial charge in [0.15, 0.2) is 11.5 Å². The lowest BCUT2D eigenvalue weighted by Crippen LogP contribution is -2.16. The van der Waals surface area contributed by atoms with Crippen LogP contribution in [0, 0.1) is 6.92 Å². The number of thiophene rings is 1. The zero-order valence-electron chi connectivity index (χ0n) is 13.7. The minimum absolute atomic E-state index is 0.267. The molecule has 0 aliphatic rings. The molecule has 1 aromatic carbocycles. The molecule has 0 saturated carbocycles. The molecule has 2 aromatic rings. The summed E-state index contributed by atoms with van der Waals surface area (Å²) in [5.74, 6) is 0.101. The van der Waals surface area contributed by atoms with E-state index in [1.54, 1.807) is 29.6 Å². The minimum atomic E-state index is -0.421. The van der Waals surface area contributed by atoms with Crippen molar-refractivity contribution >= 4 is 29.4 Å². The molecule has 7 heteroatoms. The van der Waals surface area contributed by atoms with Crippen molar-refractivity contribution in [3.05, 3.63) is 45.6 Å². The van der Waals surface area contributed by atoms with Gasteiger partial charge >= 0.3 is 5.97 Å². The lowest BCUT2D eigenvalue weighted by Gasteiger charge is -2.10. The molecule has 0 aliphatic carbocycles. The molecule has 1 aromatic heterocycles. The highest BCUT2D eigenvalue weighted by Gasteiger charge is 2.09. The van der Waals surface area contributed by atoms with E-state index in [1.807, 2.05) is 13.8 Å². The van der Waals surface area contributed by atoms with Crippen LogP contribution in [0.5, 0.6) is 11.5 Å². The van der Waals surface area contributed by atoms with Crippen LogP contribution >= 0.6 is 11.3 Å². The van der Waals surface area contributed by atoms with E-state index in [2.05, 4.69) is 10.5 Å². The van der Waals surface area contributed by atoms with Gasteiger partial charge in [-0.3, -0.25) is 9.59 Å². The van der Waals surface area contributed by atoms with Crippen LogP contribution in [0.2, 0.25) is 0 Å². The largest absolute Gasteiger partial charge is 0.490 e. The molecule has 1 amide bonds. The van der Waals surface area contributed by atoms with E-state index in [0.717, 1.165) is 4.88 Å². The second-order valence-corrected chi connectivity index (χ2v) is 5.99. The van der Waals surface area contributed by atoms with E-state index < -0.39 is 5.97 Å². The van der Waals surface area contributed by atoms with Crippen molar-refractivity contribution in [2.24, 2.45) is 5.10 Å². The van der Waals surface area contributed by atoms with E-state index in [0.29, 0.717) is 29.2 Å². The number of carbonyl (C=O) groups is 2. The maximum absolute atomic E-state index is 11.9. The van der Waals surface area contributed by atoms with Crippen LogP contribution < -0.4 is 14.9 Å². The van der Waals surface area contributed by atoms with Crippen LogP contribution in [0.15, 0.2) is 34.7 Å². The lowest BCUT2D eigenvalue weighted by molar-refractivity contribution is -0.132. The Labute approximate surface area is 144 Å². The third-order valence-corrected chi connectivity index (χ3v) is 3.76. The Hall–Kier alpha value is -2.67. The van der Waals surface area contributed by atoms with Gasteiger partial charge in [0, 0.05) is 17.2 Å². The third kappa shape index (κ3) is 4.92. The molecule has 0 unspecified atom stereocenters. The number of hydrazone groups is 1. The first-order valence-electron chi connectivity index (χ1n) is 7.33. The number of esters is 1. The molecule has 0 radical (unpaired) electrons. The van der Waals surface area contributed by atoms with Gasteiger partial charge in [-0.15, -0.1) is 11.3 Å². The maximum atomic E-state index is 11.9. The van der Waals surface area contributed by atoms with Crippen molar-refractivity contribution in [3.63, 3.8) is 0 Å². The molecule has 0 atom stereocenters. The molecule has 2 rings (SSSR count). The molecule has 0 aliphatic heterocycles. The molecular formula is C17H18N2O4S. The molecule has 126 valence electrons.